The number of hydrogen-bond donors (Lipinski definition) is 2. The van der Waals surface area contributed by atoms with Gasteiger partial charge >= 0.3 is 5.97 Å². The first-order valence-electron chi connectivity index (χ1n) is 9.56. The number of carbonyl (C=O) groups is 3. The maximum absolute atomic E-state index is 12.1. The SMILES string of the molecule is CCOC(=O)C1CCN(CC(=O)NCC(=O)Nc2ccccc2CC)CC1. The van der Waals surface area contributed by atoms with Gasteiger partial charge in [0.25, 0.3) is 0 Å². The second kappa shape index (κ2) is 10.7. The van der Waals surface area contributed by atoms with Crippen LogP contribution in [0.2, 0.25) is 0 Å². The number of anilines is 1. The molecular weight excluding hydrogens is 346 g/mol. The van der Waals surface area contributed by atoms with Gasteiger partial charge in [-0.05, 0) is 50.9 Å². The fourth-order valence-corrected chi connectivity index (χ4v) is 3.17. The Kier molecular flexibility index (Phi) is 8.26. The van der Waals surface area contributed by atoms with Crippen molar-refractivity contribution < 1.29 is 19.1 Å². The summed E-state index contributed by atoms with van der Waals surface area (Å²) in [6, 6.07) is 7.62. The van der Waals surface area contributed by atoms with Crippen molar-refractivity contribution >= 4 is 23.5 Å². The van der Waals surface area contributed by atoms with E-state index in [1.807, 2.05) is 36.1 Å². The van der Waals surface area contributed by atoms with Crippen LogP contribution in [0.3, 0.4) is 0 Å². The number of likely N-dealkylation sites (tertiary alicyclic amines) is 1. The molecule has 7 heteroatoms. The quantitative estimate of drug-likeness (QED) is 0.674. The maximum atomic E-state index is 12.1. The Morgan fingerprint density at radius 1 is 1.11 bits per heavy atom. The second-order valence-corrected chi connectivity index (χ2v) is 6.64. The van der Waals surface area contributed by atoms with Crippen molar-refractivity contribution in [3.63, 3.8) is 0 Å². The smallest absolute Gasteiger partial charge is 0.309 e. The molecule has 0 aliphatic carbocycles. The molecule has 148 valence electrons. The number of amides is 2. The summed E-state index contributed by atoms with van der Waals surface area (Å²) in [5, 5.41) is 5.49. The number of carbonyl (C=O) groups excluding carboxylic acids is 3. The van der Waals surface area contributed by atoms with E-state index in [9.17, 15) is 14.4 Å². The number of ether oxygens (including phenoxy) is 1. The molecule has 0 aromatic heterocycles. The lowest BCUT2D eigenvalue weighted by molar-refractivity contribution is -0.149. The molecule has 1 fully saturated rings. The number of aryl methyl sites for hydroxylation is 1. The summed E-state index contributed by atoms with van der Waals surface area (Å²) in [6.07, 6.45) is 2.21. The van der Waals surface area contributed by atoms with Crippen LogP contribution in [0.5, 0.6) is 0 Å². The highest BCUT2D eigenvalue weighted by atomic mass is 16.5. The standard InChI is InChI=1S/C20H29N3O4/c1-3-15-7-5-6-8-17(15)22-18(24)13-21-19(25)14-23-11-9-16(10-12-23)20(26)27-4-2/h5-8,16H,3-4,9-14H2,1-2H3,(H,21,25)(H,22,24). The minimum Gasteiger partial charge on any atom is -0.466 e. The van der Waals surface area contributed by atoms with E-state index in [4.69, 9.17) is 4.74 Å². The Hall–Kier alpha value is -2.41. The highest BCUT2D eigenvalue weighted by molar-refractivity contribution is 5.95. The van der Waals surface area contributed by atoms with Gasteiger partial charge < -0.3 is 15.4 Å². The van der Waals surface area contributed by atoms with E-state index in [0.717, 1.165) is 17.7 Å². The predicted octanol–water partition coefficient (Wildman–Crippen LogP) is 1.58. The summed E-state index contributed by atoms with van der Waals surface area (Å²) < 4.78 is 5.05. The van der Waals surface area contributed by atoms with Crippen molar-refractivity contribution in [1.29, 1.82) is 0 Å². The van der Waals surface area contributed by atoms with E-state index in [-0.39, 0.29) is 36.8 Å². The van der Waals surface area contributed by atoms with E-state index < -0.39 is 0 Å². The summed E-state index contributed by atoms with van der Waals surface area (Å²) in [7, 11) is 0. The molecule has 27 heavy (non-hydrogen) atoms. The monoisotopic (exact) mass is 375 g/mol. The van der Waals surface area contributed by atoms with Gasteiger partial charge in [-0.15, -0.1) is 0 Å². The van der Waals surface area contributed by atoms with Crippen LogP contribution in [-0.4, -0.2) is 55.5 Å². The van der Waals surface area contributed by atoms with Gasteiger partial charge in [0.15, 0.2) is 0 Å². The Balaban J connectivity index is 1.69. The van der Waals surface area contributed by atoms with Crippen LogP contribution in [-0.2, 0) is 25.5 Å². The van der Waals surface area contributed by atoms with E-state index in [1.165, 1.54) is 0 Å². The topological polar surface area (TPSA) is 87.7 Å². The first-order valence-corrected chi connectivity index (χ1v) is 9.56. The van der Waals surface area contributed by atoms with E-state index >= 15 is 0 Å². The molecule has 0 unspecified atom stereocenters. The molecule has 0 spiro atoms. The predicted molar refractivity (Wildman–Crippen MR) is 103 cm³/mol. The lowest BCUT2D eigenvalue weighted by Crippen LogP contribution is -2.44. The number of benzene rings is 1. The van der Waals surface area contributed by atoms with Crippen LogP contribution in [0, 0.1) is 5.92 Å². The third-order valence-electron chi connectivity index (χ3n) is 4.69. The number of piperidine rings is 1. The Bertz CT molecular complexity index is 654. The third kappa shape index (κ3) is 6.67. The number of nitrogens with zero attached hydrogens (tertiary/aromatic N) is 1. The molecule has 1 saturated heterocycles. The van der Waals surface area contributed by atoms with E-state index in [1.54, 1.807) is 6.92 Å². The first-order chi connectivity index (χ1) is 13.0. The minimum absolute atomic E-state index is 0.0594. The minimum atomic E-state index is -0.245. The summed E-state index contributed by atoms with van der Waals surface area (Å²) >= 11 is 0. The molecule has 1 aliphatic heterocycles. The maximum Gasteiger partial charge on any atom is 0.309 e. The average molecular weight is 375 g/mol. The van der Waals surface area contributed by atoms with Crippen molar-refractivity contribution in [1.82, 2.24) is 10.2 Å². The summed E-state index contributed by atoms with van der Waals surface area (Å²) in [6.45, 7) is 5.74. The molecule has 1 aliphatic rings. The van der Waals surface area contributed by atoms with Crippen LogP contribution < -0.4 is 10.6 Å². The number of hydrogen-bond acceptors (Lipinski definition) is 5. The third-order valence-corrected chi connectivity index (χ3v) is 4.69. The molecule has 2 rings (SSSR count). The van der Waals surface area contributed by atoms with Crippen LogP contribution in [0.15, 0.2) is 24.3 Å². The van der Waals surface area contributed by atoms with Gasteiger partial charge in [0, 0.05) is 5.69 Å². The molecule has 2 amide bonds. The molecule has 7 nitrogen and oxygen atoms in total. The molecule has 1 aromatic rings. The van der Waals surface area contributed by atoms with Gasteiger partial charge in [-0.3, -0.25) is 19.3 Å². The number of rotatable bonds is 8. The van der Waals surface area contributed by atoms with Crippen molar-refractivity contribution in [3.05, 3.63) is 29.8 Å². The Labute approximate surface area is 160 Å². The first kappa shape index (κ1) is 20.9. The molecular formula is C20H29N3O4. The van der Waals surface area contributed by atoms with Gasteiger partial charge in [0.1, 0.15) is 0 Å². The van der Waals surface area contributed by atoms with Gasteiger partial charge in [-0.25, -0.2) is 0 Å². The second-order valence-electron chi connectivity index (χ2n) is 6.64. The molecule has 0 bridgehead atoms. The molecule has 0 saturated carbocycles. The zero-order valence-corrected chi connectivity index (χ0v) is 16.1. The largest absolute Gasteiger partial charge is 0.466 e. The summed E-state index contributed by atoms with van der Waals surface area (Å²) in [5.41, 5.74) is 1.84. The zero-order valence-electron chi connectivity index (χ0n) is 16.1. The Morgan fingerprint density at radius 3 is 2.48 bits per heavy atom. The van der Waals surface area contributed by atoms with Crippen molar-refractivity contribution in [2.75, 3.05) is 38.1 Å². The van der Waals surface area contributed by atoms with E-state index in [0.29, 0.717) is 32.5 Å². The van der Waals surface area contributed by atoms with Gasteiger partial charge in [-0.2, -0.15) is 0 Å². The fraction of sp³-hybridized carbons (Fsp3) is 0.550. The highest BCUT2D eigenvalue weighted by Gasteiger charge is 2.26. The molecule has 1 aromatic carbocycles. The van der Waals surface area contributed by atoms with Crippen LogP contribution in [0.1, 0.15) is 32.3 Å². The lowest BCUT2D eigenvalue weighted by Gasteiger charge is -2.30. The Morgan fingerprint density at radius 2 is 1.81 bits per heavy atom. The lowest BCUT2D eigenvalue weighted by atomic mass is 9.97. The van der Waals surface area contributed by atoms with Crippen molar-refractivity contribution in [3.8, 4) is 0 Å². The molecule has 0 radical (unpaired) electrons. The van der Waals surface area contributed by atoms with Crippen LogP contribution in [0.25, 0.3) is 0 Å². The van der Waals surface area contributed by atoms with Crippen LogP contribution in [0.4, 0.5) is 5.69 Å². The van der Waals surface area contributed by atoms with E-state index in [2.05, 4.69) is 10.6 Å². The van der Waals surface area contributed by atoms with Gasteiger partial charge in [0.2, 0.25) is 11.8 Å². The zero-order chi connectivity index (χ0) is 19.6. The van der Waals surface area contributed by atoms with Gasteiger partial charge in [-0.1, -0.05) is 25.1 Å². The molecule has 1 heterocycles. The molecule has 0 atom stereocenters. The number of nitrogens with one attached hydrogen (secondary N) is 2. The molecule has 2 N–H and O–H groups in total. The van der Waals surface area contributed by atoms with Gasteiger partial charge in [0.05, 0.1) is 25.6 Å². The fourth-order valence-electron chi connectivity index (χ4n) is 3.17. The number of esters is 1. The van der Waals surface area contributed by atoms with Crippen molar-refractivity contribution in [2.45, 2.75) is 33.1 Å². The normalized spacial score (nSPS) is 15.2. The number of para-hydroxylation sites is 1. The highest BCUT2D eigenvalue weighted by Crippen LogP contribution is 2.18. The van der Waals surface area contributed by atoms with Crippen molar-refractivity contribution in [2.24, 2.45) is 5.92 Å². The summed E-state index contributed by atoms with van der Waals surface area (Å²) in [4.78, 5) is 37.9. The summed E-state index contributed by atoms with van der Waals surface area (Å²) in [5.74, 6) is -0.659. The van der Waals surface area contributed by atoms with Crippen LogP contribution >= 0.6 is 0 Å². The average Bonchev–Trinajstić information content (AvgIpc) is 2.67.